The van der Waals surface area contributed by atoms with Crippen molar-refractivity contribution in [2.24, 2.45) is 7.05 Å². The molecular weight excluding hydrogens is 290 g/mol. The van der Waals surface area contributed by atoms with Crippen LogP contribution in [0.2, 0.25) is 0 Å². The zero-order valence-electron chi connectivity index (χ0n) is 14.6. The number of hydrogen-bond donors (Lipinski definition) is 1. The van der Waals surface area contributed by atoms with Crippen molar-refractivity contribution in [1.29, 1.82) is 0 Å². The van der Waals surface area contributed by atoms with Gasteiger partial charge in [0.15, 0.2) is 0 Å². The second-order valence-electron chi connectivity index (χ2n) is 7.18. The van der Waals surface area contributed by atoms with Gasteiger partial charge < -0.3 is 14.6 Å². The first kappa shape index (κ1) is 16.9. The number of aromatic nitrogens is 3. The van der Waals surface area contributed by atoms with Crippen molar-refractivity contribution in [3.05, 3.63) is 11.6 Å². The molecule has 0 bridgehead atoms. The maximum Gasteiger partial charge on any atom is 0.146 e. The Labute approximate surface area is 139 Å². The fraction of sp³-hybridized carbons (Fsp3) is 0.882. The minimum atomic E-state index is -0.118. The molecule has 6 heteroatoms. The molecule has 0 saturated carbocycles. The van der Waals surface area contributed by atoms with E-state index >= 15 is 0 Å². The summed E-state index contributed by atoms with van der Waals surface area (Å²) in [4.78, 5) is 4.94. The van der Waals surface area contributed by atoms with Crippen LogP contribution < -0.4 is 0 Å². The van der Waals surface area contributed by atoms with Crippen LogP contribution in [0.4, 0.5) is 0 Å². The average molecular weight is 321 g/mol. The maximum atomic E-state index is 9.63. The van der Waals surface area contributed by atoms with E-state index in [1.807, 2.05) is 0 Å². The van der Waals surface area contributed by atoms with Gasteiger partial charge in [0, 0.05) is 32.6 Å². The third kappa shape index (κ3) is 4.11. The highest BCUT2D eigenvalue weighted by Crippen LogP contribution is 2.26. The fourth-order valence-electron chi connectivity index (χ4n) is 3.93. The highest BCUT2D eigenvalue weighted by molar-refractivity contribution is 5.04. The van der Waals surface area contributed by atoms with Gasteiger partial charge in [-0.15, -0.1) is 10.2 Å². The van der Waals surface area contributed by atoms with Gasteiger partial charge in [0.1, 0.15) is 11.6 Å². The van der Waals surface area contributed by atoms with Crippen molar-refractivity contribution < 1.29 is 5.11 Å². The van der Waals surface area contributed by atoms with Crippen molar-refractivity contribution >= 4 is 0 Å². The molecule has 2 saturated heterocycles. The molecule has 0 aromatic carbocycles. The number of nitrogens with zero attached hydrogens (tertiary/aromatic N) is 5. The van der Waals surface area contributed by atoms with Gasteiger partial charge in [-0.1, -0.05) is 6.92 Å². The van der Waals surface area contributed by atoms with Gasteiger partial charge in [-0.25, -0.2) is 0 Å². The van der Waals surface area contributed by atoms with E-state index in [1.54, 1.807) is 0 Å². The molecule has 2 aliphatic heterocycles. The molecule has 1 N–H and O–H groups in total. The Morgan fingerprint density at radius 2 is 1.87 bits per heavy atom. The quantitative estimate of drug-likeness (QED) is 0.887. The Hall–Kier alpha value is -0.980. The molecule has 1 aromatic rings. The Balaban J connectivity index is 1.62. The first-order valence-corrected chi connectivity index (χ1v) is 9.18. The normalized spacial score (nSPS) is 25.1. The SMILES string of the molecule is CCCN1CCCC(c2nnc(CN3CCC(O)CC3)n2C)C1. The van der Waals surface area contributed by atoms with E-state index in [4.69, 9.17) is 0 Å². The van der Waals surface area contributed by atoms with Gasteiger partial charge in [0.05, 0.1) is 12.6 Å². The molecule has 2 fully saturated rings. The molecule has 3 heterocycles. The molecule has 0 aliphatic carbocycles. The van der Waals surface area contributed by atoms with Crippen molar-refractivity contribution in [2.75, 3.05) is 32.7 Å². The van der Waals surface area contributed by atoms with Crippen molar-refractivity contribution in [2.45, 2.75) is 57.6 Å². The van der Waals surface area contributed by atoms with Gasteiger partial charge in [-0.3, -0.25) is 4.90 Å². The van der Waals surface area contributed by atoms with E-state index in [0.29, 0.717) is 5.92 Å². The maximum absolute atomic E-state index is 9.63. The molecule has 0 amide bonds. The zero-order valence-corrected chi connectivity index (χ0v) is 14.6. The van der Waals surface area contributed by atoms with Crippen LogP contribution in [0.5, 0.6) is 0 Å². The Morgan fingerprint density at radius 3 is 2.61 bits per heavy atom. The Bertz CT molecular complexity index is 493. The van der Waals surface area contributed by atoms with Crippen LogP contribution in [0, 0.1) is 0 Å². The van der Waals surface area contributed by atoms with Gasteiger partial charge in [0.25, 0.3) is 0 Å². The lowest BCUT2D eigenvalue weighted by Crippen LogP contribution is -2.36. The van der Waals surface area contributed by atoms with E-state index < -0.39 is 0 Å². The molecule has 0 radical (unpaired) electrons. The first-order valence-electron chi connectivity index (χ1n) is 9.18. The number of aliphatic hydroxyl groups is 1. The molecular formula is C17H31N5O. The summed E-state index contributed by atoms with van der Waals surface area (Å²) in [6.45, 7) is 8.55. The van der Waals surface area contributed by atoms with Crippen LogP contribution >= 0.6 is 0 Å². The summed E-state index contributed by atoms with van der Waals surface area (Å²) in [6.07, 6.45) is 5.34. The summed E-state index contributed by atoms with van der Waals surface area (Å²) in [5, 5.41) is 18.6. The third-order valence-corrected chi connectivity index (χ3v) is 5.33. The summed E-state index contributed by atoms with van der Waals surface area (Å²) < 4.78 is 2.21. The highest BCUT2D eigenvalue weighted by Gasteiger charge is 2.26. The molecule has 130 valence electrons. The van der Waals surface area contributed by atoms with Crippen LogP contribution in [-0.4, -0.2) is 68.5 Å². The summed E-state index contributed by atoms with van der Waals surface area (Å²) >= 11 is 0. The minimum Gasteiger partial charge on any atom is -0.393 e. The Morgan fingerprint density at radius 1 is 1.09 bits per heavy atom. The van der Waals surface area contributed by atoms with Crippen LogP contribution in [0.1, 0.15) is 56.6 Å². The second kappa shape index (κ2) is 7.73. The van der Waals surface area contributed by atoms with E-state index in [0.717, 1.165) is 50.7 Å². The van der Waals surface area contributed by atoms with E-state index in [1.165, 1.54) is 32.4 Å². The van der Waals surface area contributed by atoms with Gasteiger partial charge in [-0.05, 0) is 45.2 Å². The van der Waals surface area contributed by atoms with Crippen molar-refractivity contribution in [1.82, 2.24) is 24.6 Å². The second-order valence-corrected chi connectivity index (χ2v) is 7.18. The summed E-state index contributed by atoms with van der Waals surface area (Å²) in [7, 11) is 2.11. The predicted molar refractivity (Wildman–Crippen MR) is 90.2 cm³/mol. The molecule has 2 aliphatic rings. The smallest absolute Gasteiger partial charge is 0.146 e. The number of aliphatic hydroxyl groups excluding tert-OH is 1. The van der Waals surface area contributed by atoms with Crippen molar-refractivity contribution in [3.63, 3.8) is 0 Å². The number of rotatable bonds is 5. The lowest BCUT2D eigenvalue weighted by Gasteiger charge is -2.32. The van der Waals surface area contributed by atoms with E-state index in [9.17, 15) is 5.11 Å². The largest absolute Gasteiger partial charge is 0.393 e. The Kier molecular flexibility index (Phi) is 5.67. The first-order chi connectivity index (χ1) is 11.2. The van der Waals surface area contributed by atoms with Crippen LogP contribution in [-0.2, 0) is 13.6 Å². The topological polar surface area (TPSA) is 57.4 Å². The van der Waals surface area contributed by atoms with Gasteiger partial charge in [-0.2, -0.15) is 0 Å². The van der Waals surface area contributed by atoms with Gasteiger partial charge in [0.2, 0.25) is 0 Å². The third-order valence-electron chi connectivity index (χ3n) is 5.33. The summed E-state index contributed by atoms with van der Waals surface area (Å²) in [6, 6.07) is 0. The molecule has 23 heavy (non-hydrogen) atoms. The highest BCUT2D eigenvalue weighted by atomic mass is 16.3. The average Bonchev–Trinajstić information content (AvgIpc) is 2.91. The number of piperidine rings is 2. The molecule has 3 rings (SSSR count). The van der Waals surface area contributed by atoms with Gasteiger partial charge >= 0.3 is 0 Å². The molecule has 1 aromatic heterocycles. The van der Waals surface area contributed by atoms with Crippen LogP contribution in [0.15, 0.2) is 0 Å². The lowest BCUT2D eigenvalue weighted by atomic mass is 9.97. The molecule has 6 nitrogen and oxygen atoms in total. The molecule has 0 spiro atoms. The van der Waals surface area contributed by atoms with Crippen molar-refractivity contribution in [3.8, 4) is 0 Å². The fourth-order valence-corrected chi connectivity index (χ4v) is 3.93. The minimum absolute atomic E-state index is 0.118. The summed E-state index contributed by atoms with van der Waals surface area (Å²) in [5.74, 6) is 2.73. The number of hydrogen-bond acceptors (Lipinski definition) is 5. The summed E-state index contributed by atoms with van der Waals surface area (Å²) in [5.41, 5.74) is 0. The van der Waals surface area contributed by atoms with Crippen LogP contribution in [0.3, 0.4) is 0 Å². The lowest BCUT2D eigenvalue weighted by molar-refractivity contribution is 0.0775. The molecule has 1 atom stereocenters. The predicted octanol–water partition coefficient (Wildman–Crippen LogP) is 1.36. The monoisotopic (exact) mass is 321 g/mol. The van der Waals surface area contributed by atoms with E-state index in [-0.39, 0.29) is 6.10 Å². The zero-order chi connectivity index (χ0) is 16.2. The van der Waals surface area contributed by atoms with Crippen LogP contribution in [0.25, 0.3) is 0 Å². The number of likely N-dealkylation sites (tertiary alicyclic amines) is 2. The van der Waals surface area contributed by atoms with E-state index in [2.05, 4.69) is 38.5 Å². The molecule has 1 unspecified atom stereocenters. The standard InChI is InChI=1S/C17H31N5O/c1-3-8-21-9-4-5-14(12-21)17-19-18-16(20(17)2)13-22-10-6-15(23)7-11-22/h14-15,23H,3-13H2,1-2H3.